The van der Waals surface area contributed by atoms with Gasteiger partial charge in [-0.05, 0) is 91.3 Å². The van der Waals surface area contributed by atoms with Crippen molar-refractivity contribution >= 4 is 53.1 Å². The summed E-state index contributed by atoms with van der Waals surface area (Å²) in [7, 11) is 0. The van der Waals surface area contributed by atoms with Crippen molar-refractivity contribution in [1.82, 2.24) is 15.0 Å². The van der Waals surface area contributed by atoms with Crippen molar-refractivity contribution in [3.05, 3.63) is 200 Å². The lowest BCUT2D eigenvalue weighted by Gasteiger charge is -2.16. The van der Waals surface area contributed by atoms with Gasteiger partial charge in [0.2, 0.25) is 0 Å². The first-order chi connectivity index (χ1) is 28.2. The summed E-state index contributed by atoms with van der Waals surface area (Å²) in [4.78, 5) is 15.8. The van der Waals surface area contributed by atoms with Gasteiger partial charge in [-0.15, -0.1) is 11.3 Å². The summed E-state index contributed by atoms with van der Waals surface area (Å²) in [6, 6.07) is 71.1. The average Bonchev–Trinajstić information content (AvgIpc) is 3.68. The Hall–Kier alpha value is -7.27. The van der Waals surface area contributed by atoms with E-state index in [0.717, 1.165) is 38.9 Å². The molecule has 0 aliphatic rings. The molecule has 3 nitrogen and oxygen atoms in total. The lowest BCUT2D eigenvalue weighted by molar-refractivity contribution is 1.07. The van der Waals surface area contributed by atoms with Gasteiger partial charge in [0.15, 0.2) is 17.5 Å². The van der Waals surface area contributed by atoms with Crippen LogP contribution in [0.4, 0.5) is 0 Å². The minimum atomic E-state index is 0.622. The molecule has 0 fully saturated rings. The molecule has 0 spiro atoms. The topological polar surface area (TPSA) is 38.7 Å². The van der Waals surface area contributed by atoms with Crippen molar-refractivity contribution in [1.29, 1.82) is 0 Å². The molecular weight excluding hydrogens is 711 g/mol. The van der Waals surface area contributed by atoms with Crippen LogP contribution < -0.4 is 0 Å². The highest BCUT2D eigenvalue weighted by Gasteiger charge is 2.19. The summed E-state index contributed by atoms with van der Waals surface area (Å²) < 4.78 is 2.55. The largest absolute Gasteiger partial charge is 0.208 e. The number of hydrogen-bond acceptors (Lipinski definition) is 4. The maximum Gasteiger partial charge on any atom is 0.164 e. The maximum atomic E-state index is 5.35. The van der Waals surface area contributed by atoms with Gasteiger partial charge in [-0.3, -0.25) is 0 Å². The SMILES string of the molecule is c1ccc(-c2nc(-c3cc(-c4cc5ccccc5c5ccccc45)cc(-c4cccc5sc6ccccc6c45)c3)nc(-c3ccccc3-c3ccccc3)n2)cc1. The van der Waals surface area contributed by atoms with Gasteiger partial charge in [-0.2, -0.15) is 0 Å². The smallest absolute Gasteiger partial charge is 0.164 e. The zero-order valence-electron chi connectivity index (χ0n) is 30.8. The average molecular weight is 744 g/mol. The van der Waals surface area contributed by atoms with E-state index >= 15 is 0 Å². The molecule has 0 N–H and O–H groups in total. The van der Waals surface area contributed by atoms with Gasteiger partial charge in [0, 0.05) is 36.9 Å². The third-order valence-corrected chi connectivity index (χ3v) is 12.0. The molecular formula is C53H33N3S. The Balaban J connectivity index is 1.21. The van der Waals surface area contributed by atoms with Crippen LogP contribution in [0.25, 0.3) is 109 Å². The molecule has 0 saturated carbocycles. The van der Waals surface area contributed by atoms with Gasteiger partial charge >= 0.3 is 0 Å². The first-order valence-corrected chi connectivity index (χ1v) is 20.0. The van der Waals surface area contributed by atoms with Crippen LogP contribution in [0, 0.1) is 0 Å². The molecule has 0 unspecified atom stereocenters. The van der Waals surface area contributed by atoms with Crippen LogP contribution in [0.1, 0.15) is 0 Å². The van der Waals surface area contributed by atoms with E-state index in [2.05, 4.69) is 176 Å². The van der Waals surface area contributed by atoms with Crippen LogP contribution in [-0.2, 0) is 0 Å². The molecule has 57 heavy (non-hydrogen) atoms. The molecule has 266 valence electrons. The number of benzene rings is 9. The van der Waals surface area contributed by atoms with Gasteiger partial charge in [0.25, 0.3) is 0 Å². The predicted octanol–water partition coefficient (Wildman–Crippen LogP) is 14.5. The second-order valence-electron chi connectivity index (χ2n) is 14.4. The van der Waals surface area contributed by atoms with E-state index in [4.69, 9.17) is 15.0 Å². The van der Waals surface area contributed by atoms with E-state index in [9.17, 15) is 0 Å². The molecule has 2 heterocycles. The summed E-state index contributed by atoms with van der Waals surface area (Å²) in [6.07, 6.45) is 0. The highest BCUT2D eigenvalue weighted by Crippen LogP contribution is 2.44. The van der Waals surface area contributed by atoms with Crippen LogP contribution in [0.5, 0.6) is 0 Å². The van der Waals surface area contributed by atoms with E-state index in [-0.39, 0.29) is 0 Å². The Morgan fingerprint density at radius 3 is 1.60 bits per heavy atom. The molecule has 0 aliphatic heterocycles. The van der Waals surface area contributed by atoms with Crippen LogP contribution in [0.2, 0.25) is 0 Å². The normalized spacial score (nSPS) is 11.5. The molecule has 0 atom stereocenters. The lowest BCUT2D eigenvalue weighted by atomic mass is 9.89. The van der Waals surface area contributed by atoms with Crippen molar-refractivity contribution < 1.29 is 0 Å². The number of aromatic nitrogens is 3. The Labute approximate surface area is 334 Å². The quantitative estimate of drug-likeness (QED) is 0.159. The molecule has 11 aromatic rings. The molecule has 2 aromatic heterocycles. The Morgan fingerprint density at radius 1 is 0.281 bits per heavy atom. The zero-order valence-corrected chi connectivity index (χ0v) is 31.6. The fraction of sp³-hybridized carbons (Fsp3) is 0. The van der Waals surface area contributed by atoms with Crippen LogP contribution in [-0.4, -0.2) is 15.0 Å². The van der Waals surface area contributed by atoms with Crippen LogP contribution in [0.15, 0.2) is 200 Å². The number of hydrogen-bond donors (Lipinski definition) is 0. The van der Waals surface area contributed by atoms with Crippen LogP contribution >= 0.6 is 11.3 Å². The molecule has 0 aliphatic carbocycles. The molecule has 0 saturated heterocycles. The molecule has 11 rings (SSSR count). The van der Waals surface area contributed by atoms with E-state index in [1.165, 1.54) is 52.8 Å². The minimum Gasteiger partial charge on any atom is -0.208 e. The van der Waals surface area contributed by atoms with Gasteiger partial charge < -0.3 is 0 Å². The third-order valence-electron chi connectivity index (χ3n) is 10.9. The first-order valence-electron chi connectivity index (χ1n) is 19.2. The molecule has 9 aromatic carbocycles. The lowest BCUT2D eigenvalue weighted by Crippen LogP contribution is -2.01. The van der Waals surface area contributed by atoms with Crippen molar-refractivity contribution in [3.63, 3.8) is 0 Å². The van der Waals surface area contributed by atoms with Gasteiger partial charge in [0.05, 0.1) is 0 Å². The highest BCUT2D eigenvalue weighted by molar-refractivity contribution is 7.25. The first kappa shape index (κ1) is 33.1. The summed E-state index contributed by atoms with van der Waals surface area (Å²) in [6.45, 7) is 0. The number of rotatable bonds is 6. The Kier molecular flexibility index (Phi) is 8.01. The summed E-state index contributed by atoms with van der Waals surface area (Å²) in [5.74, 6) is 1.89. The Morgan fingerprint density at radius 2 is 0.807 bits per heavy atom. The van der Waals surface area contributed by atoms with E-state index in [1.54, 1.807) is 0 Å². The van der Waals surface area contributed by atoms with Gasteiger partial charge in [-0.25, -0.2) is 15.0 Å². The molecule has 0 radical (unpaired) electrons. The second-order valence-corrected chi connectivity index (χ2v) is 15.4. The molecule has 0 bridgehead atoms. The van der Waals surface area contributed by atoms with E-state index in [0.29, 0.717) is 17.5 Å². The van der Waals surface area contributed by atoms with Crippen molar-refractivity contribution in [3.8, 4) is 67.5 Å². The van der Waals surface area contributed by atoms with E-state index in [1.807, 2.05) is 35.6 Å². The zero-order chi connectivity index (χ0) is 37.7. The Bertz CT molecular complexity index is 3300. The standard InChI is InChI=1S/C53H33N3S/c1-3-16-34(17-4-1)40-21-9-12-25-45(40)53-55-51(35-18-5-2-6-19-35)54-52(56-53)39-31-37(42-27-15-29-49-50(42)46-26-13-14-28-48(46)57-49)30-38(32-39)47-33-36-20-7-8-22-41(36)43-23-10-11-24-44(43)47/h1-33H. The number of fused-ring (bicyclic) bond motifs is 6. The highest BCUT2D eigenvalue weighted by atomic mass is 32.1. The van der Waals surface area contributed by atoms with Crippen molar-refractivity contribution in [2.24, 2.45) is 0 Å². The summed E-state index contributed by atoms with van der Waals surface area (Å²) >= 11 is 1.84. The van der Waals surface area contributed by atoms with Crippen molar-refractivity contribution in [2.45, 2.75) is 0 Å². The number of nitrogens with zero attached hydrogens (tertiary/aromatic N) is 3. The fourth-order valence-electron chi connectivity index (χ4n) is 8.27. The summed E-state index contributed by atoms with van der Waals surface area (Å²) in [5, 5.41) is 7.42. The van der Waals surface area contributed by atoms with E-state index < -0.39 is 0 Å². The summed E-state index contributed by atoms with van der Waals surface area (Å²) in [5.41, 5.74) is 9.57. The van der Waals surface area contributed by atoms with Gasteiger partial charge in [-0.1, -0.05) is 164 Å². The van der Waals surface area contributed by atoms with Crippen molar-refractivity contribution in [2.75, 3.05) is 0 Å². The molecule has 4 heteroatoms. The van der Waals surface area contributed by atoms with Gasteiger partial charge in [0.1, 0.15) is 0 Å². The maximum absolute atomic E-state index is 5.35. The fourth-order valence-corrected chi connectivity index (χ4v) is 9.40. The van der Waals surface area contributed by atoms with Crippen LogP contribution in [0.3, 0.4) is 0 Å². The monoisotopic (exact) mass is 743 g/mol. The molecule has 0 amide bonds. The number of thiophene rings is 1. The minimum absolute atomic E-state index is 0.622. The predicted molar refractivity (Wildman–Crippen MR) is 240 cm³/mol. The third kappa shape index (κ3) is 5.86. The second kappa shape index (κ2) is 13.8.